The second kappa shape index (κ2) is 10.9. The molecule has 0 radical (unpaired) electrons. The third kappa shape index (κ3) is 5.47. The Bertz CT molecular complexity index is 583. The number of nitrogens with zero attached hydrogens (tertiary/aromatic N) is 2. The van der Waals surface area contributed by atoms with Crippen LogP contribution in [0.15, 0.2) is 29.3 Å². The van der Waals surface area contributed by atoms with Gasteiger partial charge in [-0.2, -0.15) is 0 Å². The predicted molar refractivity (Wildman–Crippen MR) is 114 cm³/mol. The molecule has 1 aromatic carbocycles. The largest absolute Gasteiger partial charge is 0.493 e. The van der Waals surface area contributed by atoms with Crippen molar-refractivity contribution in [2.24, 2.45) is 4.99 Å². The maximum Gasteiger partial charge on any atom is 0.194 e. The molecule has 1 aromatic rings. The van der Waals surface area contributed by atoms with Crippen molar-refractivity contribution in [2.75, 3.05) is 53.1 Å². The molecule has 6 nitrogen and oxygen atoms in total. The van der Waals surface area contributed by atoms with Gasteiger partial charge in [-0.25, -0.2) is 0 Å². The summed E-state index contributed by atoms with van der Waals surface area (Å²) in [5.74, 6) is 2.38. The summed E-state index contributed by atoms with van der Waals surface area (Å²) >= 11 is 0. The number of nitrogens with one attached hydrogen (secondary N) is 1. The van der Waals surface area contributed by atoms with Crippen molar-refractivity contribution >= 4 is 29.9 Å². The molecule has 26 heavy (non-hydrogen) atoms. The first kappa shape index (κ1) is 21.2. The number of hydrogen-bond donors (Lipinski definition) is 1. The molecule has 3 rings (SSSR count). The van der Waals surface area contributed by atoms with E-state index in [-0.39, 0.29) is 30.1 Å². The zero-order valence-electron chi connectivity index (χ0n) is 15.6. The highest BCUT2D eigenvalue weighted by molar-refractivity contribution is 14.0. The first-order chi connectivity index (χ1) is 12.3. The lowest BCUT2D eigenvalue weighted by Gasteiger charge is -2.35. The van der Waals surface area contributed by atoms with Gasteiger partial charge < -0.3 is 24.4 Å². The SMILES string of the molecule is CCNC(=NCC1CCOc2ccccc21)N1CCOC(COC)C1.I. The first-order valence-electron chi connectivity index (χ1n) is 9.17. The Hall–Kier alpha value is -1.06. The third-order valence-electron chi connectivity index (χ3n) is 4.67. The molecule has 0 bridgehead atoms. The maximum absolute atomic E-state index is 5.76. The van der Waals surface area contributed by atoms with E-state index in [9.17, 15) is 0 Å². The minimum Gasteiger partial charge on any atom is -0.493 e. The van der Waals surface area contributed by atoms with Crippen LogP contribution in [0, 0.1) is 0 Å². The van der Waals surface area contributed by atoms with Crippen LogP contribution in [0.1, 0.15) is 24.8 Å². The van der Waals surface area contributed by atoms with Gasteiger partial charge in [-0.3, -0.25) is 4.99 Å². The first-order valence-corrected chi connectivity index (χ1v) is 9.17. The minimum atomic E-state index is 0. The van der Waals surface area contributed by atoms with E-state index >= 15 is 0 Å². The number of benzene rings is 1. The van der Waals surface area contributed by atoms with Gasteiger partial charge >= 0.3 is 0 Å². The number of ether oxygens (including phenoxy) is 3. The minimum absolute atomic E-state index is 0. The maximum atomic E-state index is 5.76. The van der Waals surface area contributed by atoms with Crippen molar-refractivity contribution in [3.63, 3.8) is 0 Å². The molecule has 0 amide bonds. The van der Waals surface area contributed by atoms with Crippen LogP contribution in [-0.2, 0) is 9.47 Å². The fraction of sp³-hybridized carbons (Fsp3) is 0.632. The molecular formula is C19H30IN3O3. The molecule has 1 saturated heterocycles. The van der Waals surface area contributed by atoms with E-state index in [4.69, 9.17) is 19.2 Å². The number of para-hydroxylation sites is 1. The zero-order chi connectivity index (χ0) is 17.5. The highest BCUT2D eigenvalue weighted by Crippen LogP contribution is 2.33. The zero-order valence-corrected chi connectivity index (χ0v) is 18.0. The van der Waals surface area contributed by atoms with Crippen molar-refractivity contribution in [2.45, 2.75) is 25.4 Å². The van der Waals surface area contributed by atoms with Crippen LogP contribution in [0.2, 0.25) is 0 Å². The molecule has 7 heteroatoms. The van der Waals surface area contributed by atoms with Crippen molar-refractivity contribution in [1.29, 1.82) is 0 Å². The molecule has 0 spiro atoms. The van der Waals surface area contributed by atoms with Gasteiger partial charge in [0.2, 0.25) is 0 Å². The van der Waals surface area contributed by atoms with Crippen LogP contribution in [0.3, 0.4) is 0 Å². The van der Waals surface area contributed by atoms with Gasteiger partial charge in [0.15, 0.2) is 5.96 Å². The normalized spacial score (nSPS) is 22.8. The van der Waals surface area contributed by atoms with Crippen LogP contribution in [0.4, 0.5) is 0 Å². The summed E-state index contributed by atoms with van der Waals surface area (Å²) in [4.78, 5) is 7.21. The van der Waals surface area contributed by atoms with Crippen LogP contribution >= 0.6 is 24.0 Å². The smallest absolute Gasteiger partial charge is 0.194 e. The summed E-state index contributed by atoms with van der Waals surface area (Å²) in [7, 11) is 1.71. The number of aliphatic imine (C=N–C) groups is 1. The van der Waals surface area contributed by atoms with E-state index < -0.39 is 0 Å². The Morgan fingerprint density at radius 2 is 2.19 bits per heavy atom. The predicted octanol–water partition coefficient (Wildman–Crippen LogP) is 2.48. The van der Waals surface area contributed by atoms with Crippen LogP contribution < -0.4 is 10.1 Å². The molecule has 0 aromatic heterocycles. The molecule has 0 aliphatic carbocycles. The standard InChI is InChI=1S/C19H29N3O3.HI/c1-3-20-19(22-9-11-24-16(13-22)14-23-2)21-12-15-8-10-25-18-7-5-4-6-17(15)18;/h4-7,15-16H,3,8-14H2,1-2H3,(H,20,21);1H. The van der Waals surface area contributed by atoms with E-state index in [0.29, 0.717) is 19.1 Å². The van der Waals surface area contributed by atoms with Gasteiger partial charge in [0.05, 0.1) is 25.9 Å². The van der Waals surface area contributed by atoms with Crippen LogP contribution in [-0.4, -0.2) is 70.1 Å². The molecule has 2 heterocycles. The van der Waals surface area contributed by atoms with Gasteiger partial charge in [0, 0.05) is 39.2 Å². The Labute approximate surface area is 173 Å². The quantitative estimate of drug-likeness (QED) is 0.403. The summed E-state index contributed by atoms with van der Waals surface area (Å²) < 4.78 is 16.7. The van der Waals surface area contributed by atoms with E-state index in [1.54, 1.807) is 7.11 Å². The molecule has 2 unspecified atom stereocenters. The van der Waals surface area contributed by atoms with Gasteiger partial charge in [-0.1, -0.05) is 18.2 Å². The molecule has 1 N–H and O–H groups in total. The topological polar surface area (TPSA) is 55.3 Å². The van der Waals surface area contributed by atoms with E-state index in [1.807, 2.05) is 12.1 Å². The Balaban J connectivity index is 0.00000243. The molecule has 1 fully saturated rings. The van der Waals surface area contributed by atoms with Gasteiger partial charge in [-0.05, 0) is 25.0 Å². The lowest BCUT2D eigenvalue weighted by Crippen LogP contribution is -2.51. The van der Waals surface area contributed by atoms with E-state index in [2.05, 4.69) is 29.3 Å². The third-order valence-corrected chi connectivity index (χ3v) is 4.67. The lowest BCUT2D eigenvalue weighted by molar-refractivity contribution is -0.0447. The highest BCUT2D eigenvalue weighted by atomic mass is 127. The van der Waals surface area contributed by atoms with Gasteiger partial charge in [0.1, 0.15) is 5.75 Å². The number of rotatable bonds is 5. The summed E-state index contributed by atoms with van der Waals surface area (Å²) in [6.07, 6.45) is 1.11. The monoisotopic (exact) mass is 475 g/mol. The Kier molecular flexibility index (Phi) is 8.94. The molecule has 2 aliphatic rings. The van der Waals surface area contributed by atoms with Crippen molar-refractivity contribution in [3.05, 3.63) is 29.8 Å². The number of morpholine rings is 1. The number of methoxy groups -OCH3 is 1. The molecule has 2 atom stereocenters. The number of halogens is 1. The lowest BCUT2D eigenvalue weighted by atomic mass is 9.93. The molecule has 0 saturated carbocycles. The molecule has 2 aliphatic heterocycles. The fourth-order valence-corrected chi connectivity index (χ4v) is 3.43. The number of hydrogen-bond acceptors (Lipinski definition) is 4. The summed E-state index contributed by atoms with van der Waals surface area (Å²) in [5.41, 5.74) is 1.27. The highest BCUT2D eigenvalue weighted by Gasteiger charge is 2.24. The summed E-state index contributed by atoms with van der Waals surface area (Å²) in [5, 5.41) is 3.43. The average molecular weight is 475 g/mol. The molecular weight excluding hydrogens is 445 g/mol. The van der Waals surface area contributed by atoms with Crippen molar-refractivity contribution in [3.8, 4) is 5.75 Å². The van der Waals surface area contributed by atoms with Crippen LogP contribution in [0.5, 0.6) is 5.75 Å². The summed E-state index contributed by atoms with van der Waals surface area (Å²) in [6, 6.07) is 8.31. The van der Waals surface area contributed by atoms with E-state index in [1.165, 1.54) is 5.56 Å². The second-order valence-electron chi connectivity index (χ2n) is 6.46. The fourth-order valence-electron chi connectivity index (χ4n) is 3.43. The van der Waals surface area contributed by atoms with Crippen LogP contribution in [0.25, 0.3) is 0 Å². The Morgan fingerprint density at radius 1 is 1.35 bits per heavy atom. The number of guanidine groups is 1. The van der Waals surface area contributed by atoms with Gasteiger partial charge in [-0.15, -0.1) is 24.0 Å². The van der Waals surface area contributed by atoms with Crippen molar-refractivity contribution in [1.82, 2.24) is 10.2 Å². The number of fused-ring (bicyclic) bond motifs is 1. The average Bonchev–Trinajstić information content (AvgIpc) is 2.65. The molecule has 146 valence electrons. The van der Waals surface area contributed by atoms with E-state index in [0.717, 1.165) is 50.9 Å². The Morgan fingerprint density at radius 3 is 3.00 bits per heavy atom. The second-order valence-corrected chi connectivity index (χ2v) is 6.46. The van der Waals surface area contributed by atoms with Gasteiger partial charge in [0.25, 0.3) is 0 Å². The van der Waals surface area contributed by atoms with Crippen molar-refractivity contribution < 1.29 is 14.2 Å². The summed E-state index contributed by atoms with van der Waals surface area (Å²) in [6.45, 7) is 7.49.